The van der Waals surface area contributed by atoms with Crippen LogP contribution in [0.15, 0.2) is 36.5 Å². The zero-order valence-electron chi connectivity index (χ0n) is 15.3. The molecule has 140 valence electrons. The van der Waals surface area contributed by atoms with E-state index in [0.29, 0.717) is 6.04 Å². The van der Waals surface area contributed by atoms with Gasteiger partial charge >= 0.3 is 0 Å². The van der Waals surface area contributed by atoms with Crippen LogP contribution in [-0.4, -0.2) is 55.4 Å². The molecule has 2 aromatic rings. The number of nitriles is 1. The fourth-order valence-corrected chi connectivity index (χ4v) is 3.66. The number of rotatable bonds is 4. The van der Waals surface area contributed by atoms with Crippen LogP contribution in [-0.2, 0) is 4.74 Å². The van der Waals surface area contributed by atoms with E-state index in [9.17, 15) is 5.26 Å². The van der Waals surface area contributed by atoms with Crippen molar-refractivity contribution in [3.63, 3.8) is 0 Å². The number of aromatic nitrogens is 2. The third-order valence-electron chi connectivity index (χ3n) is 5.15. The quantitative estimate of drug-likeness (QED) is 0.892. The first kappa shape index (κ1) is 17.6. The van der Waals surface area contributed by atoms with E-state index in [0.717, 1.165) is 75.3 Å². The van der Waals surface area contributed by atoms with Crippen LogP contribution in [0.1, 0.15) is 18.4 Å². The van der Waals surface area contributed by atoms with Gasteiger partial charge in [-0.2, -0.15) is 10.2 Å². The molecule has 2 aliphatic heterocycles. The topological polar surface area (TPSA) is 77.3 Å². The van der Waals surface area contributed by atoms with E-state index in [1.165, 1.54) is 0 Å². The summed E-state index contributed by atoms with van der Waals surface area (Å²) in [5.41, 5.74) is 1.78. The molecule has 1 aromatic heterocycles. The van der Waals surface area contributed by atoms with Crippen molar-refractivity contribution >= 4 is 17.5 Å². The first-order valence-electron chi connectivity index (χ1n) is 9.50. The molecular formula is C20H24N6O. The van der Waals surface area contributed by atoms with Crippen molar-refractivity contribution < 1.29 is 4.74 Å². The standard InChI is InChI=1S/C20H24N6O/c21-15-16-3-1-2-4-18(16)25-9-6-17(7-10-25)23-19-5-8-22-20(24-19)26-11-13-27-14-12-26/h1-5,8,17H,6-7,9-14H2,(H,22,23,24). The Labute approximate surface area is 159 Å². The Morgan fingerprint density at radius 2 is 1.81 bits per heavy atom. The second-order valence-corrected chi connectivity index (χ2v) is 6.88. The van der Waals surface area contributed by atoms with Crippen molar-refractivity contribution in [1.29, 1.82) is 5.26 Å². The van der Waals surface area contributed by atoms with Crippen molar-refractivity contribution in [3.05, 3.63) is 42.1 Å². The molecule has 0 unspecified atom stereocenters. The largest absolute Gasteiger partial charge is 0.378 e. The number of para-hydroxylation sites is 1. The molecule has 27 heavy (non-hydrogen) atoms. The molecule has 0 amide bonds. The summed E-state index contributed by atoms with van der Waals surface area (Å²) >= 11 is 0. The summed E-state index contributed by atoms with van der Waals surface area (Å²) in [4.78, 5) is 13.6. The summed E-state index contributed by atoms with van der Waals surface area (Å²) in [5.74, 6) is 1.64. The number of ether oxygens (including phenoxy) is 1. The van der Waals surface area contributed by atoms with Crippen molar-refractivity contribution in [2.45, 2.75) is 18.9 Å². The van der Waals surface area contributed by atoms with Gasteiger partial charge in [0, 0.05) is 38.4 Å². The van der Waals surface area contributed by atoms with Gasteiger partial charge in [0.1, 0.15) is 11.9 Å². The maximum atomic E-state index is 9.31. The van der Waals surface area contributed by atoms with Gasteiger partial charge in [0.2, 0.25) is 5.95 Å². The monoisotopic (exact) mass is 364 g/mol. The van der Waals surface area contributed by atoms with Gasteiger partial charge in [-0.1, -0.05) is 12.1 Å². The van der Waals surface area contributed by atoms with Crippen molar-refractivity contribution in [1.82, 2.24) is 9.97 Å². The summed E-state index contributed by atoms with van der Waals surface area (Å²) in [5, 5.41) is 12.9. The van der Waals surface area contributed by atoms with Gasteiger partial charge in [-0.25, -0.2) is 4.98 Å². The molecule has 2 saturated heterocycles. The normalized spacial score (nSPS) is 18.2. The zero-order chi connectivity index (χ0) is 18.5. The number of nitrogens with one attached hydrogen (secondary N) is 1. The third-order valence-corrected chi connectivity index (χ3v) is 5.15. The average molecular weight is 364 g/mol. The summed E-state index contributed by atoms with van der Waals surface area (Å²) < 4.78 is 5.40. The van der Waals surface area contributed by atoms with E-state index >= 15 is 0 Å². The lowest BCUT2D eigenvalue weighted by molar-refractivity contribution is 0.122. The fraction of sp³-hybridized carbons (Fsp3) is 0.450. The Morgan fingerprint density at radius 1 is 1.04 bits per heavy atom. The molecule has 0 radical (unpaired) electrons. The second kappa shape index (κ2) is 8.23. The Bertz CT molecular complexity index is 806. The molecule has 3 heterocycles. The maximum absolute atomic E-state index is 9.31. The predicted molar refractivity (Wildman–Crippen MR) is 105 cm³/mol. The molecule has 0 aliphatic carbocycles. The molecular weight excluding hydrogens is 340 g/mol. The van der Waals surface area contributed by atoms with Gasteiger partial charge in [-0.15, -0.1) is 0 Å². The zero-order valence-corrected chi connectivity index (χ0v) is 15.3. The lowest BCUT2D eigenvalue weighted by atomic mass is 10.0. The number of piperidine rings is 1. The average Bonchev–Trinajstić information content (AvgIpc) is 2.75. The molecule has 2 fully saturated rings. The lowest BCUT2D eigenvalue weighted by Gasteiger charge is -2.34. The maximum Gasteiger partial charge on any atom is 0.227 e. The molecule has 4 rings (SSSR count). The van der Waals surface area contributed by atoms with E-state index in [1.54, 1.807) is 0 Å². The smallest absolute Gasteiger partial charge is 0.227 e. The van der Waals surface area contributed by atoms with Crippen molar-refractivity contribution in [2.24, 2.45) is 0 Å². The van der Waals surface area contributed by atoms with Gasteiger partial charge in [0.05, 0.1) is 24.5 Å². The number of benzene rings is 1. The van der Waals surface area contributed by atoms with Crippen LogP contribution in [0.2, 0.25) is 0 Å². The van der Waals surface area contributed by atoms with Gasteiger partial charge in [-0.3, -0.25) is 0 Å². The van der Waals surface area contributed by atoms with Gasteiger partial charge in [0.15, 0.2) is 0 Å². The highest BCUT2D eigenvalue weighted by molar-refractivity contribution is 5.59. The van der Waals surface area contributed by atoms with Crippen LogP contribution >= 0.6 is 0 Å². The first-order valence-corrected chi connectivity index (χ1v) is 9.50. The molecule has 7 heteroatoms. The minimum absolute atomic E-state index is 0.378. The predicted octanol–water partition coefficient (Wildman–Crippen LogP) is 2.27. The Hall–Kier alpha value is -2.85. The summed E-state index contributed by atoms with van der Waals surface area (Å²) in [6.45, 7) is 4.98. The Morgan fingerprint density at radius 3 is 2.59 bits per heavy atom. The molecule has 0 bridgehead atoms. The van der Waals surface area contributed by atoms with Gasteiger partial charge in [-0.05, 0) is 31.0 Å². The molecule has 1 aromatic carbocycles. The van der Waals surface area contributed by atoms with Crippen LogP contribution in [0.4, 0.5) is 17.5 Å². The Kier molecular flexibility index (Phi) is 5.35. The Balaban J connectivity index is 1.36. The molecule has 0 saturated carbocycles. The minimum Gasteiger partial charge on any atom is -0.378 e. The minimum atomic E-state index is 0.378. The van der Waals surface area contributed by atoms with Crippen molar-refractivity contribution in [2.75, 3.05) is 54.5 Å². The number of morpholine rings is 1. The van der Waals surface area contributed by atoms with Crippen LogP contribution in [0.5, 0.6) is 0 Å². The van der Waals surface area contributed by atoms with E-state index in [4.69, 9.17) is 4.74 Å². The van der Waals surface area contributed by atoms with E-state index in [2.05, 4.69) is 31.2 Å². The van der Waals surface area contributed by atoms with Crippen molar-refractivity contribution in [3.8, 4) is 6.07 Å². The number of hydrogen-bond acceptors (Lipinski definition) is 7. The van der Waals surface area contributed by atoms with Crippen LogP contribution in [0.25, 0.3) is 0 Å². The molecule has 2 aliphatic rings. The van der Waals surface area contributed by atoms with Crippen LogP contribution in [0.3, 0.4) is 0 Å². The fourth-order valence-electron chi connectivity index (χ4n) is 3.66. The van der Waals surface area contributed by atoms with E-state index in [-0.39, 0.29) is 0 Å². The van der Waals surface area contributed by atoms with Crippen LogP contribution < -0.4 is 15.1 Å². The SMILES string of the molecule is N#Cc1ccccc1N1CCC(Nc2ccnc(N3CCOCC3)n2)CC1. The highest BCUT2D eigenvalue weighted by Gasteiger charge is 2.22. The lowest BCUT2D eigenvalue weighted by Crippen LogP contribution is -2.40. The molecule has 0 spiro atoms. The second-order valence-electron chi connectivity index (χ2n) is 6.88. The highest BCUT2D eigenvalue weighted by atomic mass is 16.5. The molecule has 1 N–H and O–H groups in total. The summed E-state index contributed by atoms with van der Waals surface area (Å²) in [6, 6.07) is 12.4. The van der Waals surface area contributed by atoms with Gasteiger partial charge < -0.3 is 19.9 Å². The number of nitrogens with zero attached hydrogens (tertiary/aromatic N) is 5. The van der Waals surface area contributed by atoms with Gasteiger partial charge in [0.25, 0.3) is 0 Å². The summed E-state index contributed by atoms with van der Waals surface area (Å²) in [7, 11) is 0. The third kappa shape index (κ3) is 4.12. The number of anilines is 3. The van der Waals surface area contributed by atoms with E-state index in [1.807, 2.05) is 36.5 Å². The highest BCUT2D eigenvalue weighted by Crippen LogP contribution is 2.25. The first-order chi connectivity index (χ1) is 13.3. The molecule has 0 atom stereocenters. The van der Waals surface area contributed by atoms with Crippen LogP contribution in [0, 0.1) is 11.3 Å². The number of hydrogen-bond donors (Lipinski definition) is 1. The molecule has 7 nitrogen and oxygen atoms in total. The summed E-state index contributed by atoms with van der Waals surface area (Å²) in [6.07, 6.45) is 3.84. The van der Waals surface area contributed by atoms with E-state index < -0.39 is 0 Å².